The molecule has 0 rings (SSSR count). The average molecular weight is 216 g/mol. The van der Waals surface area contributed by atoms with E-state index in [0.29, 0.717) is 6.54 Å². The van der Waals surface area contributed by atoms with E-state index in [2.05, 4.69) is 5.32 Å². The fourth-order valence-corrected chi connectivity index (χ4v) is 1.39. The third-order valence-electron chi connectivity index (χ3n) is 2.72. The number of hydrogen-bond acceptors (Lipinski definition) is 3. The van der Waals surface area contributed by atoms with Crippen LogP contribution in [0.15, 0.2) is 0 Å². The van der Waals surface area contributed by atoms with E-state index in [9.17, 15) is 4.79 Å². The lowest BCUT2D eigenvalue weighted by Crippen LogP contribution is -2.46. The van der Waals surface area contributed by atoms with Crippen LogP contribution in [-0.4, -0.2) is 30.2 Å². The van der Waals surface area contributed by atoms with E-state index in [1.807, 2.05) is 27.7 Å². The van der Waals surface area contributed by atoms with E-state index in [1.165, 1.54) is 0 Å². The molecule has 0 aromatic rings. The first-order chi connectivity index (χ1) is 6.93. The molecule has 0 aliphatic rings. The zero-order valence-corrected chi connectivity index (χ0v) is 10.2. The van der Waals surface area contributed by atoms with Crippen molar-refractivity contribution in [3.8, 4) is 0 Å². The van der Waals surface area contributed by atoms with Crippen LogP contribution in [0, 0.1) is 17.8 Å². The highest BCUT2D eigenvalue weighted by Crippen LogP contribution is 2.10. The molecule has 4 N–H and O–H groups in total. The maximum absolute atomic E-state index is 11.8. The van der Waals surface area contributed by atoms with Crippen LogP contribution in [0.4, 0.5) is 0 Å². The van der Waals surface area contributed by atoms with Gasteiger partial charge in [0.25, 0.3) is 0 Å². The number of rotatable bonds is 6. The molecule has 2 atom stereocenters. The first-order valence-electron chi connectivity index (χ1n) is 5.55. The Morgan fingerprint density at radius 1 is 1.27 bits per heavy atom. The Balaban J connectivity index is 4.31. The van der Waals surface area contributed by atoms with Gasteiger partial charge in [-0.1, -0.05) is 27.7 Å². The van der Waals surface area contributed by atoms with Crippen LogP contribution in [0.25, 0.3) is 0 Å². The van der Waals surface area contributed by atoms with Gasteiger partial charge in [0.05, 0.1) is 18.6 Å². The predicted octanol–water partition coefficient (Wildman–Crippen LogP) is 0.350. The molecule has 0 aromatic carbocycles. The first kappa shape index (κ1) is 14.4. The van der Waals surface area contributed by atoms with Crippen molar-refractivity contribution in [3.63, 3.8) is 0 Å². The molecule has 4 heteroatoms. The van der Waals surface area contributed by atoms with Gasteiger partial charge in [-0.05, 0) is 11.8 Å². The van der Waals surface area contributed by atoms with E-state index in [0.717, 1.165) is 0 Å². The number of amides is 1. The van der Waals surface area contributed by atoms with E-state index < -0.39 is 0 Å². The number of nitrogens with one attached hydrogen (secondary N) is 1. The van der Waals surface area contributed by atoms with Gasteiger partial charge in [0.15, 0.2) is 0 Å². The van der Waals surface area contributed by atoms with Crippen molar-refractivity contribution in [1.82, 2.24) is 5.32 Å². The molecule has 0 saturated heterocycles. The van der Waals surface area contributed by atoms with Gasteiger partial charge < -0.3 is 16.2 Å². The highest BCUT2D eigenvalue weighted by Gasteiger charge is 2.23. The van der Waals surface area contributed by atoms with Gasteiger partial charge >= 0.3 is 0 Å². The normalized spacial score (nSPS) is 15.5. The van der Waals surface area contributed by atoms with Crippen LogP contribution in [0.1, 0.15) is 27.7 Å². The lowest BCUT2D eigenvalue weighted by molar-refractivity contribution is -0.127. The Bertz CT molecular complexity index is 193. The lowest BCUT2D eigenvalue weighted by Gasteiger charge is -2.24. The molecule has 0 fully saturated rings. The molecule has 0 aliphatic carbocycles. The molecule has 0 aliphatic heterocycles. The molecule has 4 nitrogen and oxygen atoms in total. The minimum Gasteiger partial charge on any atom is -0.394 e. The van der Waals surface area contributed by atoms with E-state index in [-0.39, 0.29) is 36.3 Å². The Hall–Kier alpha value is -0.610. The van der Waals surface area contributed by atoms with Crippen LogP contribution >= 0.6 is 0 Å². The number of nitrogens with two attached hydrogens (primary N) is 1. The van der Waals surface area contributed by atoms with Crippen molar-refractivity contribution in [2.45, 2.75) is 33.7 Å². The second-order valence-electron chi connectivity index (χ2n) is 4.63. The number of carbonyl (C=O) groups excluding carboxylic acids is 1. The summed E-state index contributed by atoms with van der Waals surface area (Å²) in [6.07, 6.45) is 0. The molecule has 1 amide bonds. The third kappa shape index (κ3) is 4.62. The monoisotopic (exact) mass is 216 g/mol. The summed E-state index contributed by atoms with van der Waals surface area (Å²) in [7, 11) is 0. The van der Waals surface area contributed by atoms with Gasteiger partial charge in [-0.25, -0.2) is 0 Å². The molecular weight excluding hydrogens is 192 g/mol. The van der Waals surface area contributed by atoms with Crippen molar-refractivity contribution >= 4 is 5.91 Å². The Morgan fingerprint density at radius 3 is 2.07 bits per heavy atom. The van der Waals surface area contributed by atoms with Gasteiger partial charge in [0.2, 0.25) is 5.91 Å². The Kier molecular flexibility index (Phi) is 6.52. The van der Waals surface area contributed by atoms with Crippen molar-refractivity contribution in [3.05, 3.63) is 0 Å². The first-order valence-corrected chi connectivity index (χ1v) is 5.55. The molecule has 0 saturated carbocycles. The Labute approximate surface area is 92.2 Å². The zero-order chi connectivity index (χ0) is 12.0. The van der Waals surface area contributed by atoms with Crippen LogP contribution < -0.4 is 11.1 Å². The number of carbonyl (C=O) groups is 1. The van der Waals surface area contributed by atoms with Gasteiger partial charge in [-0.2, -0.15) is 0 Å². The highest BCUT2D eigenvalue weighted by atomic mass is 16.3. The van der Waals surface area contributed by atoms with Crippen LogP contribution in [0.5, 0.6) is 0 Å². The predicted molar refractivity (Wildman–Crippen MR) is 61.2 cm³/mol. The van der Waals surface area contributed by atoms with Crippen LogP contribution in [-0.2, 0) is 4.79 Å². The second kappa shape index (κ2) is 6.80. The lowest BCUT2D eigenvalue weighted by atomic mass is 9.94. The molecule has 0 radical (unpaired) electrons. The minimum absolute atomic E-state index is 0.0290. The Morgan fingerprint density at radius 2 is 1.80 bits per heavy atom. The van der Waals surface area contributed by atoms with Crippen LogP contribution in [0.3, 0.4) is 0 Å². The van der Waals surface area contributed by atoms with Gasteiger partial charge in [0.1, 0.15) is 0 Å². The highest BCUT2D eigenvalue weighted by molar-refractivity contribution is 5.79. The SMILES string of the molecule is CC(C)C(CO)NC(=O)C(CN)C(C)C. The largest absolute Gasteiger partial charge is 0.394 e. The molecule has 0 heterocycles. The van der Waals surface area contributed by atoms with Crippen molar-refractivity contribution < 1.29 is 9.90 Å². The third-order valence-corrected chi connectivity index (χ3v) is 2.72. The summed E-state index contributed by atoms with van der Waals surface area (Å²) in [5.41, 5.74) is 5.54. The fourth-order valence-electron chi connectivity index (χ4n) is 1.39. The average Bonchev–Trinajstić information content (AvgIpc) is 2.14. The van der Waals surface area contributed by atoms with Crippen LogP contribution in [0.2, 0.25) is 0 Å². The maximum Gasteiger partial charge on any atom is 0.224 e. The zero-order valence-electron chi connectivity index (χ0n) is 10.2. The second-order valence-corrected chi connectivity index (χ2v) is 4.63. The molecule has 15 heavy (non-hydrogen) atoms. The summed E-state index contributed by atoms with van der Waals surface area (Å²) in [5, 5.41) is 11.9. The molecule has 2 unspecified atom stereocenters. The summed E-state index contributed by atoms with van der Waals surface area (Å²) in [5.74, 6) is 0.226. The van der Waals surface area contributed by atoms with E-state index >= 15 is 0 Å². The summed E-state index contributed by atoms with van der Waals surface area (Å²) in [6.45, 7) is 8.20. The topological polar surface area (TPSA) is 75.3 Å². The summed E-state index contributed by atoms with van der Waals surface area (Å²) < 4.78 is 0. The van der Waals surface area contributed by atoms with Gasteiger partial charge in [0, 0.05) is 6.54 Å². The van der Waals surface area contributed by atoms with E-state index in [1.54, 1.807) is 0 Å². The summed E-state index contributed by atoms with van der Waals surface area (Å²) >= 11 is 0. The smallest absolute Gasteiger partial charge is 0.224 e. The van der Waals surface area contributed by atoms with Gasteiger partial charge in [-0.3, -0.25) is 4.79 Å². The number of aliphatic hydroxyl groups is 1. The number of hydrogen-bond donors (Lipinski definition) is 3. The fraction of sp³-hybridized carbons (Fsp3) is 0.909. The quantitative estimate of drug-likeness (QED) is 0.599. The molecule has 0 bridgehead atoms. The van der Waals surface area contributed by atoms with Gasteiger partial charge in [-0.15, -0.1) is 0 Å². The molecule has 0 spiro atoms. The van der Waals surface area contributed by atoms with E-state index in [4.69, 9.17) is 10.8 Å². The molecular formula is C11H24N2O2. The molecule has 0 aromatic heterocycles. The minimum atomic E-state index is -0.176. The standard InChI is InChI=1S/C11H24N2O2/c1-7(2)9(5-12)11(15)13-10(6-14)8(3)4/h7-10,14H,5-6,12H2,1-4H3,(H,13,15). The van der Waals surface area contributed by atoms with Crippen molar-refractivity contribution in [2.24, 2.45) is 23.5 Å². The maximum atomic E-state index is 11.8. The van der Waals surface area contributed by atoms with Crippen molar-refractivity contribution in [1.29, 1.82) is 0 Å². The molecule has 90 valence electrons. The number of aliphatic hydroxyl groups excluding tert-OH is 1. The summed E-state index contributed by atoms with van der Waals surface area (Å²) in [6, 6.07) is -0.176. The summed E-state index contributed by atoms with van der Waals surface area (Å²) in [4.78, 5) is 11.8. The van der Waals surface area contributed by atoms with Crippen molar-refractivity contribution in [2.75, 3.05) is 13.2 Å².